The normalized spacial score (nSPS) is 17.5. The van der Waals surface area contributed by atoms with Gasteiger partial charge in [0.2, 0.25) is 11.8 Å². The number of hydrogen-bond acceptors (Lipinski definition) is 4. The molecule has 1 saturated heterocycles. The van der Waals surface area contributed by atoms with E-state index in [1.807, 2.05) is 13.8 Å². The molecule has 1 aliphatic heterocycles. The van der Waals surface area contributed by atoms with Gasteiger partial charge in [-0.15, -0.1) is 0 Å². The van der Waals surface area contributed by atoms with E-state index in [0.717, 1.165) is 31.9 Å². The molecule has 0 unspecified atom stereocenters. The van der Waals surface area contributed by atoms with Gasteiger partial charge in [0, 0.05) is 30.2 Å². The Morgan fingerprint density at radius 1 is 1.41 bits per heavy atom. The highest BCUT2D eigenvalue weighted by Gasteiger charge is 2.19. The third-order valence-corrected chi connectivity index (χ3v) is 3.60. The first-order valence-corrected chi connectivity index (χ1v) is 6.95. The zero-order valence-corrected chi connectivity index (χ0v) is 11.9. The number of aromatic nitrogens is 2. The maximum atomic E-state index is 5.58. The van der Waals surface area contributed by atoms with Gasteiger partial charge < -0.3 is 9.64 Å². The molecular formula is C12H18BrN3O. The summed E-state index contributed by atoms with van der Waals surface area (Å²) in [5, 5.41) is 0. The maximum absolute atomic E-state index is 5.58. The molecule has 0 atom stereocenters. The lowest BCUT2D eigenvalue weighted by Crippen LogP contribution is -2.35. The summed E-state index contributed by atoms with van der Waals surface area (Å²) in [7, 11) is 0. The average Bonchev–Trinajstić information content (AvgIpc) is 2.29. The monoisotopic (exact) mass is 299 g/mol. The SMILES string of the molecule is CC(C)Oc1ccnc(N2CCC(Br)CC2)n1. The van der Waals surface area contributed by atoms with Crippen molar-refractivity contribution in [3.05, 3.63) is 12.3 Å². The second-order valence-corrected chi connectivity index (χ2v) is 5.82. The van der Waals surface area contributed by atoms with Gasteiger partial charge in [-0.2, -0.15) is 4.98 Å². The summed E-state index contributed by atoms with van der Waals surface area (Å²) >= 11 is 3.64. The molecule has 1 fully saturated rings. The minimum atomic E-state index is 0.144. The van der Waals surface area contributed by atoms with Crippen molar-refractivity contribution in [1.82, 2.24) is 9.97 Å². The number of ether oxygens (including phenoxy) is 1. The summed E-state index contributed by atoms with van der Waals surface area (Å²) in [6, 6.07) is 1.81. The average molecular weight is 300 g/mol. The third-order valence-electron chi connectivity index (χ3n) is 2.68. The molecule has 4 nitrogen and oxygen atoms in total. The molecule has 0 saturated carbocycles. The zero-order valence-electron chi connectivity index (χ0n) is 10.3. The van der Waals surface area contributed by atoms with Crippen LogP contribution in [0, 0.1) is 0 Å². The minimum Gasteiger partial charge on any atom is -0.475 e. The highest BCUT2D eigenvalue weighted by atomic mass is 79.9. The third kappa shape index (κ3) is 3.56. The fraction of sp³-hybridized carbons (Fsp3) is 0.667. The van der Waals surface area contributed by atoms with Crippen LogP contribution in [0.3, 0.4) is 0 Å². The minimum absolute atomic E-state index is 0.144. The molecule has 1 aromatic heterocycles. The van der Waals surface area contributed by atoms with Gasteiger partial charge in [-0.05, 0) is 26.7 Å². The molecule has 94 valence electrons. The summed E-state index contributed by atoms with van der Waals surface area (Å²) in [6.45, 7) is 6.00. The topological polar surface area (TPSA) is 38.2 Å². The van der Waals surface area contributed by atoms with E-state index in [0.29, 0.717) is 10.7 Å². The first-order valence-electron chi connectivity index (χ1n) is 6.04. The molecule has 2 rings (SSSR count). The summed E-state index contributed by atoms with van der Waals surface area (Å²) in [5.74, 6) is 1.44. The van der Waals surface area contributed by atoms with Crippen molar-refractivity contribution < 1.29 is 4.74 Å². The van der Waals surface area contributed by atoms with Crippen LogP contribution in [0.4, 0.5) is 5.95 Å². The fourth-order valence-corrected chi connectivity index (χ4v) is 2.25. The highest BCUT2D eigenvalue weighted by Crippen LogP contribution is 2.21. The smallest absolute Gasteiger partial charge is 0.228 e. The van der Waals surface area contributed by atoms with Crippen molar-refractivity contribution in [3.8, 4) is 5.88 Å². The molecule has 0 aromatic carbocycles. The Hall–Kier alpha value is -0.840. The standard InChI is InChI=1S/C12H18BrN3O/c1-9(2)17-11-3-6-14-12(15-11)16-7-4-10(13)5-8-16/h3,6,9-10H,4-5,7-8H2,1-2H3. The van der Waals surface area contributed by atoms with E-state index in [9.17, 15) is 0 Å². The van der Waals surface area contributed by atoms with E-state index in [4.69, 9.17) is 4.74 Å². The Labute approximate surface area is 111 Å². The Bertz CT molecular complexity index is 365. The molecule has 0 spiro atoms. The first kappa shape index (κ1) is 12.6. The van der Waals surface area contributed by atoms with Crippen LogP contribution in [0.5, 0.6) is 5.88 Å². The van der Waals surface area contributed by atoms with Crippen LogP contribution in [-0.2, 0) is 0 Å². The molecule has 0 amide bonds. The van der Waals surface area contributed by atoms with Gasteiger partial charge in [0.15, 0.2) is 0 Å². The molecule has 1 aliphatic rings. The Morgan fingerprint density at radius 3 is 2.76 bits per heavy atom. The van der Waals surface area contributed by atoms with Crippen molar-refractivity contribution in [2.45, 2.75) is 37.6 Å². The number of anilines is 1. The van der Waals surface area contributed by atoms with Crippen molar-refractivity contribution >= 4 is 21.9 Å². The first-order chi connectivity index (χ1) is 8.15. The summed E-state index contributed by atoms with van der Waals surface area (Å²) < 4.78 is 5.58. The lowest BCUT2D eigenvalue weighted by atomic mass is 10.1. The molecule has 0 radical (unpaired) electrons. The van der Waals surface area contributed by atoms with Crippen LogP contribution < -0.4 is 9.64 Å². The Balaban J connectivity index is 2.05. The van der Waals surface area contributed by atoms with E-state index in [2.05, 4.69) is 30.8 Å². The lowest BCUT2D eigenvalue weighted by molar-refractivity contribution is 0.232. The van der Waals surface area contributed by atoms with E-state index in [1.165, 1.54) is 0 Å². The Morgan fingerprint density at radius 2 is 2.12 bits per heavy atom. The van der Waals surface area contributed by atoms with Crippen molar-refractivity contribution in [3.63, 3.8) is 0 Å². The molecule has 17 heavy (non-hydrogen) atoms. The predicted molar refractivity (Wildman–Crippen MR) is 72.0 cm³/mol. The van der Waals surface area contributed by atoms with Gasteiger partial charge in [0.05, 0.1) is 6.10 Å². The van der Waals surface area contributed by atoms with Crippen molar-refractivity contribution in [2.75, 3.05) is 18.0 Å². The molecule has 0 aliphatic carbocycles. The number of alkyl halides is 1. The van der Waals surface area contributed by atoms with Gasteiger partial charge >= 0.3 is 0 Å². The summed E-state index contributed by atoms with van der Waals surface area (Å²) in [5.41, 5.74) is 0. The van der Waals surface area contributed by atoms with Crippen LogP contribution in [0.2, 0.25) is 0 Å². The van der Waals surface area contributed by atoms with E-state index in [-0.39, 0.29) is 6.10 Å². The molecule has 1 aromatic rings. The number of rotatable bonds is 3. The number of nitrogens with zero attached hydrogens (tertiary/aromatic N) is 3. The van der Waals surface area contributed by atoms with Crippen LogP contribution in [0.1, 0.15) is 26.7 Å². The van der Waals surface area contributed by atoms with E-state index in [1.54, 1.807) is 12.3 Å². The summed E-state index contributed by atoms with van der Waals surface area (Å²) in [6.07, 6.45) is 4.18. The molecular weight excluding hydrogens is 282 g/mol. The molecule has 0 bridgehead atoms. The zero-order chi connectivity index (χ0) is 12.3. The number of piperidine rings is 1. The number of hydrogen-bond donors (Lipinski definition) is 0. The Kier molecular flexibility index (Phi) is 4.20. The van der Waals surface area contributed by atoms with Crippen LogP contribution >= 0.6 is 15.9 Å². The molecule has 2 heterocycles. The van der Waals surface area contributed by atoms with Crippen molar-refractivity contribution in [1.29, 1.82) is 0 Å². The van der Waals surface area contributed by atoms with Crippen LogP contribution in [0.25, 0.3) is 0 Å². The van der Waals surface area contributed by atoms with Crippen LogP contribution in [0.15, 0.2) is 12.3 Å². The number of halogens is 1. The lowest BCUT2D eigenvalue weighted by Gasteiger charge is -2.29. The van der Waals surface area contributed by atoms with Gasteiger partial charge in [-0.1, -0.05) is 15.9 Å². The van der Waals surface area contributed by atoms with Gasteiger partial charge in [0.25, 0.3) is 0 Å². The maximum Gasteiger partial charge on any atom is 0.228 e. The van der Waals surface area contributed by atoms with Crippen molar-refractivity contribution in [2.24, 2.45) is 0 Å². The predicted octanol–water partition coefficient (Wildman–Crippen LogP) is 2.63. The van der Waals surface area contributed by atoms with E-state index < -0.39 is 0 Å². The van der Waals surface area contributed by atoms with Gasteiger partial charge in [-0.25, -0.2) is 4.98 Å². The van der Waals surface area contributed by atoms with Gasteiger partial charge in [0.1, 0.15) is 0 Å². The second kappa shape index (κ2) is 5.67. The molecule has 0 N–H and O–H groups in total. The van der Waals surface area contributed by atoms with Crippen LogP contribution in [-0.4, -0.2) is 34.0 Å². The largest absolute Gasteiger partial charge is 0.475 e. The highest BCUT2D eigenvalue weighted by molar-refractivity contribution is 9.09. The second-order valence-electron chi connectivity index (χ2n) is 4.52. The van der Waals surface area contributed by atoms with E-state index >= 15 is 0 Å². The molecule has 5 heteroatoms. The fourth-order valence-electron chi connectivity index (χ4n) is 1.84. The van der Waals surface area contributed by atoms with Gasteiger partial charge in [-0.3, -0.25) is 0 Å². The quantitative estimate of drug-likeness (QED) is 0.804. The summed E-state index contributed by atoms with van der Waals surface area (Å²) in [4.78, 5) is 11.6.